The molecule has 106 valence electrons. The summed E-state index contributed by atoms with van der Waals surface area (Å²) in [6.07, 6.45) is -5.22. The number of ether oxygens (including phenoxy) is 1. The van der Waals surface area contributed by atoms with Crippen molar-refractivity contribution in [3.63, 3.8) is 0 Å². The average molecular weight is 285 g/mol. The van der Waals surface area contributed by atoms with Crippen molar-refractivity contribution in [2.45, 2.75) is 30.1 Å². The molecule has 4 N–H and O–H groups in total. The fraction of sp³-hybridized carbons (Fsp3) is 0.500. The van der Waals surface area contributed by atoms with Gasteiger partial charge in [0.25, 0.3) is 0 Å². The minimum absolute atomic E-state index is 0.0605. The van der Waals surface area contributed by atoms with Gasteiger partial charge in [-0.25, -0.2) is 13.9 Å². The zero-order chi connectivity index (χ0) is 14.2. The standard InChI is InChI=1S/C10H9F2N5O3/c11-4-3(20-6-5(18)10(4,6)19)2-1-14-8-7(13)15-9(12)16-17(2)8/h1,3-6,18-19H,(H2,13,15,16)/t3-,4-,5?,6+,10-/m0/s1. The predicted octanol–water partition coefficient (Wildman–Crippen LogP) is -1.27. The molecule has 1 aliphatic carbocycles. The summed E-state index contributed by atoms with van der Waals surface area (Å²) in [5, 5.41) is 22.7. The van der Waals surface area contributed by atoms with Crippen molar-refractivity contribution in [2.24, 2.45) is 0 Å². The third kappa shape index (κ3) is 1.21. The van der Waals surface area contributed by atoms with Crippen LogP contribution >= 0.6 is 0 Å². The number of anilines is 1. The zero-order valence-electron chi connectivity index (χ0n) is 9.81. The Kier molecular flexibility index (Phi) is 2.02. The molecule has 1 saturated carbocycles. The van der Waals surface area contributed by atoms with Crippen LogP contribution in [0.25, 0.3) is 5.65 Å². The smallest absolute Gasteiger partial charge is 0.328 e. The number of hydrogen-bond acceptors (Lipinski definition) is 7. The van der Waals surface area contributed by atoms with Crippen LogP contribution in [0.4, 0.5) is 14.6 Å². The van der Waals surface area contributed by atoms with Crippen LogP contribution in [0.5, 0.6) is 0 Å². The molecule has 1 saturated heterocycles. The van der Waals surface area contributed by atoms with Gasteiger partial charge in [-0.15, -0.1) is 5.10 Å². The number of fused-ring (bicyclic) bond motifs is 2. The van der Waals surface area contributed by atoms with Crippen LogP contribution in [0, 0.1) is 6.08 Å². The van der Waals surface area contributed by atoms with Gasteiger partial charge in [0.15, 0.2) is 23.2 Å². The number of imidazole rings is 1. The van der Waals surface area contributed by atoms with Crippen LogP contribution < -0.4 is 5.73 Å². The number of hydrogen-bond donors (Lipinski definition) is 3. The summed E-state index contributed by atoms with van der Waals surface area (Å²) < 4.78 is 33.6. The molecule has 2 aliphatic rings. The highest BCUT2D eigenvalue weighted by Crippen LogP contribution is 2.56. The normalized spacial score (nSPS) is 39.2. The van der Waals surface area contributed by atoms with Gasteiger partial charge >= 0.3 is 6.08 Å². The van der Waals surface area contributed by atoms with Gasteiger partial charge in [0.05, 0.1) is 11.9 Å². The van der Waals surface area contributed by atoms with Gasteiger partial charge in [0, 0.05) is 0 Å². The quantitative estimate of drug-likeness (QED) is 0.597. The monoisotopic (exact) mass is 285 g/mol. The zero-order valence-corrected chi connectivity index (χ0v) is 9.81. The van der Waals surface area contributed by atoms with E-state index in [1.807, 2.05) is 0 Å². The van der Waals surface area contributed by atoms with Crippen molar-refractivity contribution in [1.82, 2.24) is 19.6 Å². The van der Waals surface area contributed by atoms with E-state index >= 15 is 0 Å². The molecule has 3 heterocycles. The Hall–Kier alpha value is -1.91. The Morgan fingerprint density at radius 1 is 1.50 bits per heavy atom. The number of rotatable bonds is 1. The van der Waals surface area contributed by atoms with Crippen molar-refractivity contribution >= 4 is 11.5 Å². The number of alkyl halides is 1. The first-order chi connectivity index (χ1) is 9.44. The SMILES string of the molecule is Nc1nc(F)nn2c([C@@H]3O[C@@H]4C(O)[C@@]4(O)[C@H]3F)cnc12. The molecule has 4 rings (SSSR count). The molecular weight excluding hydrogens is 276 g/mol. The van der Waals surface area contributed by atoms with E-state index in [2.05, 4.69) is 15.1 Å². The summed E-state index contributed by atoms with van der Waals surface area (Å²) in [6, 6.07) is 0. The maximum absolute atomic E-state index is 14.2. The lowest BCUT2D eigenvalue weighted by Crippen LogP contribution is -2.31. The lowest BCUT2D eigenvalue weighted by atomic mass is 10.1. The first-order valence-electron chi connectivity index (χ1n) is 5.81. The number of nitrogen functional groups attached to an aromatic ring is 1. The second-order valence-corrected chi connectivity index (χ2v) is 4.90. The molecule has 0 radical (unpaired) electrons. The number of aliphatic hydroxyl groups is 2. The molecule has 1 unspecified atom stereocenters. The highest BCUT2D eigenvalue weighted by Gasteiger charge is 2.77. The predicted molar refractivity (Wildman–Crippen MR) is 58.6 cm³/mol. The van der Waals surface area contributed by atoms with Crippen LogP contribution in [-0.2, 0) is 4.74 Å². The third-order valence-corrected chi connectivity index (χ3v) is 3.79. The van der Waals surface area contributed by atoms with E-state index in [1.165, 1.54) is 6.20 Å². The Morgan fingerprint density at radius 3 is 2.90 bits per heavy atom. The number of halogens is 2. The van der Waals surface area contributed by atoms with Crippen LogP contribution in [0.3, 0.4) is 0 Å². The summed E-state index contributed by atoms with van der Waals surface area (Å²) in [5.41, 5.74) is 3.72. The number of nitrogens with zero attached hydrogens (tertiary/aromatic N) is 4. The molecular formula is C10H9F2N5O3. The van der Waals surface area contributed by atoms with E-state index in [0.717, 1.165) is 4.52 Å². The van der Waals surface area contributed by atoms with Gasteiger partial charge in [-0.2, -0.15) is 9.37 Å². The largest absolute Gasteiger partial charge is 0.387 e. The Balaban J connectivity index is 1.81. The van der Waals surface area contributed by atoms with Crippen LogP contribution in [0.15, 0.2) is 6.20 Å². The van der Waals surface area contributed by atoms with E-state index in [0.29, 0.717) is 0 Å². The van der Waals surface area contributed by atoms with Crippen LogP contribution in [0.1, 0.15) is 11.8 Å². The number of aliphatic hydroxyl groups excluding tert-OH is 1. The minimum Gasteiger partial charge on any atom is -0.387 e. The van der Waals surface area contributed by atoms with E-state index in [9.17, 15) is 19.0 Å². The molecule has 2 fully saturated rings. The highest BCUT2D eigenvalue weighted by atomic mass is 19.1. The second-order valence-electron chi connectivity index (χ2n) is 4.90. The summed E-state index contributed by atoms with van der Waals surface area (Å²) in [5.74, 6) is -0.193. The van der Waals surface area contributed by atoms with Crippen LogP contribution in [0.2, 0.25) is 0 Å². The van der Waals surface area contributed by atoms with Crippen molar-refractivity contribution < 1.29 is 23.7 Å². The summed E-state index contributed by atoms with van der Waals surface area (Å²) in [4.78, 5) is 7.18. The lowest BCUT2D eigenvalue weighted by Gasteiger charge is -2.18. The molecule has 20 heavy (non-hydrogen) atoms. The molecule has 0 bridgehead atoms. The summed E-state index contributed by atoms with van der Waals surface area (Å²) >= 11 is 0. The maximum atomic E-state index is 14.2. The Bertz CT molecular complexity index is 724. The van der Waals surface area contributed by atoms with Crippen molar-refractivity contribution in [2.75, 3.05) is 5.73 Å². The first kappa shape index (κ1) is 11.9. The molecule has 0 amide bonds. The van der Waals surface area contributed by atoms with Gasteiger partial charge < -0.3 is 20.7 Å². The van der Waals surface area contributed by atoms with Gasteiger partial charge in [-0.1, -0.05) is 0 Å². The minimum atomic E-state index is -1.92. The van der Waals surface area contributed by atoms with Crippen molar-refractivity contribution in [3.05, 3.63) is 18.0 Å². The van der Waals surface area contributed by atoms with Crippen LogP contribution in [-0.4, -0.2) is 53.8 Å². The summed E-state index contributed by atoms with van der Waals surface area (Å²) in [7, 11) is 0. The van der Waals surface area contributed by atoms with E-state index in [1.54, 1.807) is 0 Å². The molecule has 5 atom stereocenters. The number of aromatic nitrogens is 4. The molecule has 2 aromatic heterocycles. The first-order valence-corrected chi connectivity index (χ1v) is 5.81. The molecule has 0 spiro atoms. The van der Waals surface area contributed by atoms with E-state index in [-0.39, 0.29) is 17.2 Å². The maximum Gasteiger partial charge on any atom is 0.328 e. The molecule has 10 heteroatoms. The number of nitrogens with two attached hydrogens (primary N) is 1. The Morgan fingerprint density at radius 2 is 2.25 bits per heavy atom. The van der Waals surface area contributed by atoms with Crippen molar-refractivity contribution in [3.8, 4) is 0 Å². The van der Waals surface area contributed by atoms with E-state index in [4.69, 9.17) is 10.5 Å². The third-order valence-electron chi connectivity index (χ3n) is 3.79. The highest BCUT2D eigenvalue weighted by molar-refractivity contribution is 5.59. The second kappa shape index (κ2) is 3.40. The van der Waals surface area contributed by atoms with Gasteiger partial charge in [-0.05, 0) is 0 Å². The summed E-state index contributed by atoms with van der Waals surface area (Å²) in [6.45, 7) is 0. The molecule has 2 aromatic rings. The van der Waals surface area contributed by atoms with Gasteiger partial charge in [0.1, 0.15) is 18.3 Å². The average Bonchev–Trinajstić information content (AvgIpc) is 2.74. The topological polar surface area (TPSA) is 119 Å². The van der Waals surface area contributed by atoms with Crippen molar-refractivity contribution in [1.29, 1.82) is 0 Å². The molecule has 1 aliphatic heterocycles. The molecule has 0 aromatic carbocycles. The fourth-order valence-electron chi connectivity index (χ4n) is 2.62. The fourth-order valence-corrected chi connectivity index (χ4v) is 2.62. The Labute approximate surface area is 109 Å². The van der Waals surface area contributed by atoms with Gasteiger partial charge in [0.2, 0.25) is 0 Å². The molecule has 8 nitrogen and oxygen atoms in total. The van der Waals surface area contributed by atoms with Gasteiger partial charge in [-0.3, -0.25) is 0 Å². The van der Waals surface area contributed by atoms with E-state index < -0.39 is 36.2 Å². The lowest BCUT2D eigenvalue weighted by molar-refractivity contribution is -0.0320.